The molecule has 1 heterocycles. The van der Waals surface area contributed by atoms with Gasteiger partial charge in [0.2, 0.25) is 0 Å². The third-order valence-corrected chi connectivity index (χ3v) is 2.46. The van der Waals surface area contributed by atoms with Crippen molar-refractivity contribution in [2.75, 3.05) is 0 Å². The van der Waals surface area contributed by atoms with Crippen molar-refractivity contribution in [2.45, 2.75) is 13.8 Å². The van der Waals surface area contributed by atoms with Crippen molar-refractivity contribution in [1.29, 1.82) is 0 Å². The maximum atomic E-state index is 4.47. The van der Waals surface area contributed by atoms with E-state index in [4.69, 9.17) is 0 Å². The van der Waals surface area contributed by atoms with Gasteiger partial charge in [0.15, 0.2) is 0 Å². The summed E-state index contributed by atoms with van der Waals surface area (Å²) in [6.45, 7) is 4.32. The van der Waals surface area contributed by atoms with Crippen LogP contribution in [-0.2, 0) is 0 Å². The lowest BCUT2D eigenvalue weighted by atomic mass is 10.1. The van der Waals surface area contributed by atoms with Crippen LogP contribution in [0.2, 0.25) is 0 Å². The van der Waals surface area contributed by atoms with Crippen LogP contribution in [-0.4, -0.2) is 6.21 Å². The number of hydrogen-bond donors (Lipinski definition) is 0. The molecule has 0 aromatic carbocycles. The van der Waals surface area contributed by atoms with Gasteiger partial charge >= 0.3 is 0 Å². The normalized spacial score (nSPS) is 30.1. The fourth-order valence-corrected chi connectivity index (χ4v) is 1.51. The number of aliphatic imine (C=N–C) groups is 1. The van der Waals surface area contributed by atoms with E-state index in [1.807, 2.05) is 6.21 Å². The molecule has 2 aliphatic rings. The molecule has 0 radical (unpaired) electrons. The van der Waals surface area contributed by atoms with E-state index in [0.717, 1.165) is 5.70 Å². The number of rotatable bonds is 0. The highest BCUT2D eigenvalue weighted by Gasteiger charge is 2.05. The quantitative estimate of drug-likeness (QED) is 0.549. The molecule has 1 aliphatic carbocycles. The molecule has 14 heavy (non-hydrogen) atoms. The van der Waals surface area contributed by atoms with Gasteiger partial charge in [-0.1, -0.05) is 44.2 Å². The van der Waals surface area contributed by atoms with E-state index in [-0.39, 0.29) is 0 Å². The molecule has 0 aromatic rings. The first-order chi connectivity index (χ1) is 6.75. The SMILES string of the molecule is CC1C=CC2=C(C=C1)N=CC(C)C=C2. The summed E-state index contributed by atoms with van der Waals surface area (Å²) in [7, 11) is 0. The Hall–Kier alpha value is -1.37. The summed E-state index contributed by atoms with van der Waals surface area (Å²) in [5.41, 5.74) is 2.29. The summed E-state index contributed by atoms with van der Waals surface area (Å²) in [5, 5.41) is 0. The van der Waals surface area contributed by atoms with E-state index >= 15 is 0 Å². The lowest BCUT2D eigenvalue weighted by molar-refractivity contribution is 0.941. The molecule has 0 bridgehead atoms. The van der Waals surface area contributed by atoms with Crippen LogP contribution in [0.1, 0.15) is 13.8 Å². The van der Waals surface area contributed by atoms with E-state index in [9.17, 15) is 0 Å². The Labute approximate surface area is 85.2 Å². The van der Waals surface area contributed by atoms with Crippen molar-refractivity contribution in [3.05, 3.63) is 47.7 Å². The molecule has 0 saturated carbocycles. The predicted octanol–water partition coefficient (Wildman–Crippen LogP) is 3.28. The van der Waals surface area contributed by atoms with Crippen molar-refractivity contribution in [3.8, 4) is 0 Å². The van der Waals surface area contributed by atoms with Crippen LogP contribution < -0.4 is 0 Å². The zero-order chi connectivity index (χ0) is 9.97. The van der Waals surface area contributed by atoms with Crippen LogP contribution in [0, 0.1) is 11.8 Å². The number of allylic oxidation sites excluding steroid dienone is 7. The first-order valence-corrected chi connectivity index (χ1v) is 5.09. The summed E-state index contributed by atoms with van der Waals surface area (Å²) in [6, 6.07) is 0. The predicted molar refractivity (Wildman–Crippen MR) is 61.3 cm³/mol. The Morgan fingerprint density at radius 3 is 2.36 bits per heavy atom. The van der Waals surface area contributed by atoms with Gasteiger partial charge in [0.05, 0.1) is 5.70 Å². The van der Waals surface area contributed by atoms with E-state index in [0.29, 0.717) is 11.8 Å². The molecule has 1 heteroatoms. The van der Waals surface area contributed by atoms with Crippen molar-refractivity contribution < 1.29 is 0 Å². The molecular weight excluding hydrogens is 170 g/mol. The van der Waals surface area contributed by atoms with Gasteiger partial charge in [0.25, 0.3) is 0 Å². The van der Waals surface area contributed by atoms with Crippen LogP contribution in [0.5, 0.6) is 0 Å². The molecule has 0 N–H and O–H groups in total. The molecule has 2 rings (SSSR count). The van der Waals surface area contributed by atoms with Crippen molar-refractivity contribution >= 4 is 6.21 Å². The first-order valence-electron chi connectivity index (χ1n) is 5.09. The summed E-state index contributed by atoms with van der Waals surface area (Å²) >= 11 is 0. The Balaban J connectivity index is 2.39. The molecule has 72 valence electrons. The average molecular weight is 185 g/mol. The number of nitrogens with zero attached hydrogens (tertiary/aromatic N) is 1. The zero-order valence-corrected chi connectivity index (χ0v) is 8.64. The molecule has 0 amide bonds. The summed E-state index contributed by atoms with van der Waals surface area (Å²) < 4.78 is 0. The van der Waals surface area contributed by atoms with Gasteiger partial charge in [-0.2, -0.15) is 0 Å². The molecule has 0 spiro atoms. The Morgan fingerprint density at radius 2 is 1.57 bits per heavy atom. The standard InChI is InChI=1S/C13H15N/c1-10-3-6-12-7-4-11(2)9-14-13(12)8-5-10/h3-11H,1-2H3. The van der Waals surface area contributed by atoms with Gasteiger partial charge in [-0.15, -0.1) is 0 Å². The minimum atomic E-state index is 0.432. The second-order valence-electron chi connectivity index (χ2n) is 3.91. The first kappa shape index (κ1) is 9.20. The van der Waals surface area contributed by atoms with E-state index < -0.39 is 0 Å². The third kappa shape index (κ3) is 1.92. The van der Waals surface area contributed by atoms with Gasteiger partial charge in [-0.25, -0.2) is 0 Å². The van der Waals surface area contributed by atoms with Gasteiger partial charge < -0.3 is 0 Å². The third-order valence-electron chi connectivity index (χ3n) is 2.46. The van der Waals surface area contributed by atoms with Gasteiger partial charge in [-0.05, 0) is 17.6 Å². The zero-order valence-electron chi connectivity index (χ0n) is 8.64. The molecule has 0 saturated heterocycles. The second-order valence-corrected chi connectivity index (χ2v) is 3.91. The largest absolute Gasteiger partial charge is 0.260 e. The topological polar surface area (TPSA) is 12.4 Å². The lowest BCUT2D eigenvalue weighted by Crippen LogP contribution is -1.88. The average Bonchev–Trinajstić information content (AvgIpc) is 2.44. The minimum Gasteiger partial charge on any atom is -0.260 e. The molecular formula is C13H15N. The van der Waals surface area contributed by atoms with Crippen LogP contribution in [0.3, 0.4) is 0 Å². The van der Waals surface area contributed by atoms with Crippen LogP contribution in [0.4, 0.5) is 0 Å². The highest BCUT2D eigenvalue weighted by molar-refractivity contribution is 5.67. The highest BCUT2D eigenvalue weighted by Crippen LogP contribution is 2.20. The summed E-state index contributed by atoms with van der Waals surface area (Å²) in [5.74, 6) is 0.934. The van der Waals surface area contributed by atoms with Gasteiger partial charge in [0, 0.05) is 12.1 Å². The van der Waals surface area contributed by atoms with Crippen molar-refractivity contribution in [1.82, 2.24) is 0 Å². The smallest absolute Gasteiger partial charge is 0.0695 e. The Bertz CT molecular complexity index is 299. The molecule has 1 nitrogen and oxygen atoms in total. The Kier molecular flexibility index (Phi) is 2.49. The summed E-state index contributed by atoms with van der Waals surface area (Å²) in [6.07, 6.45) is 15.0. The molecule has 2 unspecified atom stereocenters. The molecule has 2 atom stereocenters. The molecule has 0 fully saturated rings. The Morgan fingerprint density at radius 1 is 0.929 bits per heavy atom. The minimum absolute atomic E-state index is 0.432. The monoisotopic (exact) mass is 185 g/mol. The number of hydrogen-bond acceptors (Lipinski definition) is 1. The molecule has 1 aliphatic heterocycles. The second kappa shape index (κ2) is 3.79. The van der Waals surface area contributed by atoms with Crippen molar-refractivity contribution in [3.63, 3.8) is 0 Å². The maximum Gasteiger partial charge on any atom is 0.0695 e. The van der Waals surface area contributed by atoms with E-state index in [1.54, 1.807) is 0 Å². The fourth-order valence-electron chi connectivity index (χ4n) is 1.51. The van der Waals surface area contributed by atoms with Gasteiger partial charge in [-0.3, -0.25) is 4.99 Å². The lowest BCUT2D eigenvalue weighted by Gasteiger charge is -1.95. The summed E-state index contributed by atoms with van der Waals surface area (Å²) in [4.78, 5) is 4.47. The van der Waals surface area contributed by atoms with Crippen LogP contribution >= 0.6 is 0 Å². The molecule has 0 aromatic heterocycles. The van der Waals surface area contributed by atoms with Gasteiger partial charge in [0.1, 0.15) is 0 Å². The van der Waals surface area contributed by atoms with Crippen LogP contribution in [0.25, 0.3) is 0 Å². The van der Waals surface area contributed by atoms with Crippen LogP contribution in [0.15, 0.2) is 52.7 Å². The van der Waals surface area contributed by atoms with E-state index in [1.165, 1.54) is 5.57 Å². The fraction of sp³-hybridized carbons (Fsp3) is 0.308. The highest BCUT2D eigenvalue weighted by atomic mass is 14.7. The van der Waals surface area contributed by atoms with E-state index in [2.05, 4.69) is 55.3 Å². The van der Waals surface area contributed by atoms with Crippen molar-refractivity contribution in [2.24, 2.45) is 16.8 Å². The maximum absolute atomic E-state index is 4.47.